The Labute approximate surface area is 101 Å². The molecule has 0 saturated carbocycles. The van der Waals surface area contributed by atoms with Gasteiger partial charge in [0, 0.05) is 0 Å². The van der Waals surface area contributed by atoms with Gasteiger partial charge in [-0.05, 0) is 39.8 Å². The van der Waals surface area contributed by atoms with E-state index < -0.39 is 11.5 Å². The third-order valence-electron chi connectivity index (χ3n) is 1.94. The van der Waals surface area contributed by atoms with Gasteiger partial charge in [0.15, 0.2) is 0 Å². The predicted molar refractivity (Wildman–Crippen MR) is 63.5 cm³/mol. The monoisotopic (exact) mass is 241 g/mol. The van der Waals surface area contributed by atoms with E-state index in [0.29, 0.717) is 10.8 Å². The number of nitrogens with zero attached hydrogens (tertiary/aromatic N) is 1. The lowest BCUT2D eigenvalue weighted by Crippen LogP contribution is -2.27. The first-order valence-corrected chi connectivity index (χ1v) is 5.53. The van der Waals surface area contributed by atoms with Crippen molar-refractivity contribution < 1.29 is 9.53 Å². The van der Waals surface area contributed by atoms with E-state index in [9.17, 15) is 4.79 Å². The largest absolute Gasteiger partial charge is 0.459 e. The fraction of sp³-hybridized carbons (Fsp3) is 0.500. The van der Waals surface area contributed by atoms with Crippen LogP contribution in [0.5, 0.6) is 0 Å². The Balaban J connectivity index is 2.78. The van der Waals surface area contributed by atoms with Gasteiger partial charge in [0.25, 0.3) is 0 Å². The zero-order chi connectivity index (χ0) is 12.3. The van der Waals surface area contributed by atoms with Crippen LogP contribution in [0.15, 0.2) is 18.2 Å². The molecular formula is C12H16ClNO2. The van der Waals surface area contributed by atoms with Gasteiger partial charge in [-0.3, -0.25) is 4.79 Å². The van der Waals surface area contributed by atoms with E-state index in [4.69, 9.17) is 16.3 Å². The van der Waals surface area contributed by atoms with Crippen LogP contribution < -0.4 is 0 Å². The number of halogens is 1. The van der Waals surface area contributed by atoms with Gasteiger partial charge >= 0.3 is 5.97 Å². The van der Waals surface area contributed by atoms with Gasteiger partial charge in [-0.15, -0.1) is 0 Å². The Morgan fingerprint density at radius 3 is 2.56 bits per heavy atom. The van der Waals surface area contributed by atoms with Crippen molar-refractivity contribution in [2.24, 2.45) is 0 Å². The standard InChI is InChI=1S/C12H16ClNO2/c1-8(11(15)16-12(2,3)4)9-6-5-7-10(13)14-9/h5-8H,1-4H3. The van der Waals surface area contributed by atoms with Gasteiger partial charge in [-0.1, -0.05) is 17.7 Å². The highest BCUT2D eigenvalue weighted by Gasteiger charge is 2.23. The molecule has 1 atom stereocenters. The number of rotatable bonds is 2. The maximum atomic E-state index is 11.8. The molecule has 0 aliphatic carbocycles. The molecule has 1 unspecified atom stereocenters. The van der Waals surface area contributed by atoms with E-state index >= 15 is 0 Å². The molecule has 1 aromatic rings. The average Bonchev–Trinajstić information content (AvgIpc) is 2.14. The first kappa shape index (κ1) is 13.0. The number of pyridine rings is 1. The lowest BCUT2D eigenvalue weighted by Gasteiger charge is -2.22. The molecule has 0 fully saturated rings. The van der Waals surface area contributed by atoms with E-state index in [1.807, 2.05) is 20.8 Å². The Morgan fingerprint density at radius 1 is 1.44 bits per heavy atom. The second kappa shape index (κ2) is 4.83. The van der Waals surface area contributed by atoms with Crippen molar-refractivity contribution in [2.75, 3.05) is 0 Å². The summed E-state index contributed by atoms with van der Waals surface area (Å²) in [7, 11) is 0. The van der Waals surface area contributed by atoms with Gasteiger partial charge < -0.3 is 4.74 Å². The maximum absolute atomic E-state index is 11.8. The second-order valence-electron chi connectivity index (χ2n) is 4.64. The molecule has 3 nitrogen and oxygen atoms in total. The molecule has 4 heteroatoms. The summed E-state index contributed by atoms with van der Waals surface area (Å²) in [6.07, 6.45) is 0. The van der Waals surface area contributed by atoms with Crippen LogP contribution in [0.4, 0.5) is 0 Å². The van der Waals surface area contributed by atoms with Crippen LogP contribution in [-0.4, -0.2) is 16.6 Å². The van der Waals surface area contributed by atoms with E-state index in [2.05, 4.69) is 4.98 Å². The Kier molecular flexibility index (Phi) is 3.92. The van der Waals surface area contributed by atoms with E-state index in [0.717, 1.165) is 0 Å². The molecule has 88 valence electrons. The summed E-state index contributed by atoms with van der Waals surface area (Å²) in [5.74, 6) is -0.694. The number of hydrogen-bond acceptors (Lipinski definition) is 3. The Bertz CT molecular complexity index is 385. The third kappa shape index (κ3) is 3.81. The summed E-state index contributed by atoms with van der Waals surface area (Å²) >= 11 is 5.76. The molecule has 0 spiro atoms. The van der Waals surface area contributed by atoms with Crippen molar-refractivity contribution in [3.8, 4) is 0 Å². The minimum atomic E-state index is -0.482. The Morgan fingerprint density at radius 2 is 2.06 bits per heavy atom. The topological polar surface area (TPSA) is 39.2 Å². The molecule has 0 aliphatic rings. The van der Waals surface area contributed by atoms with Gasteiger partial charge in [0.2, 0.25) is 0 Å². The third-order valence-corrected chi connectivity index (χ3v) is 2.15. The molecule has 1 aromatic heterocycles. The highest BCUT2D eigenvalue weighted by atomic mass is 35.5. The van der Waals surface area contributed by atoms with Gasteiger partial charge in [-0.25, -0.2) is 4.98 Å². The SMILES string of the molecule is CC(C(=O)OC(C)(C)C)c1cccc(Cl)n1. The van der Waals surface area contributed by atoms with Crippen molar-refractivity contribution in [2.45, 2.75) is 39.2 Å². The van der Waals surface area contributed by atoms with Crippen molar-refractivity contribution in [3.63, 3.8) is 0 Å². The zero-order valence-corrected chi connectivity index (χ0v) is 10.7. The quantitative estimate of drug-likeness (QED) is 0.590. The lowest BCUT2D eigenvalue weighted by atomic mass is 10.1. The number of hydrogen-bond donors (Lipinski definition) is 0. The number of ether oxygens (including phenoxy) is 1. The molecule has 16 heavy (non-hydrogen) atoms. The molecule has 0 bridgehead atoms. The molecule has 0 radical (unpaired) electrons. The molecular weight excluding hydrogens is 226 g/mol. The smallest absolute Gasteiger partial charge is 0.315 e. The van der Waals surface area contributed by atoms with Crippen LogP contribution >= 0.6 is 11.6 Å². The lowest BCUT2D eigenvalue weighted by molar-refractivity contribution is -0.156. The molecule has 0 aromatic carbocycles. The summed E-state index contributed by atoms with van der Waals surface area (Å²) in [4.78, 5) is 15.9. The maximum Gasteiger partial charge on any atom is 0.315 e. The van der Waals surface area contributed by atoms with Crippen LogP contribution in [0.2, 0.25) is 5.15 Å². The predicted octanol–water partition coefficient (Wildman–Crippen LogP) is 3.18. The molecule has 0 aliphatic heterocycles. The van der Waals surface area contributed by atoms with E-state index in [1.165, 1.54) is 0 Å². The highest BCUT2D eigenvalue weighted by Crippen LogP contribution is 2.19. The van der Waals surface area contributed by atoms with Crippen LogP contribution in [0, 0.1) is 0 Å². The second-order valence-corrected chi connectivity index (χ2v) is 5.03. The summed E-state index contributed by atoms with van der Waals surface area (Å²) in [6, 6.07) is 5.21. The summed E-state index contributed by atoms with van der Waals surface area (Å²) in [6.45, 7) is 7.27. The minimum Gasteiger partial charge on any atom is -0.459 e. The highest BCUT2D eigenvalue weighted by molar-refractivity contribution is 6.29. The normalized spacial score (nSPS) is 13.3. The number of aromatic nitrogens is 1. The number of esters is 1. The van der Waals surface area contributed by atoms with Gasteiger partial charge in [0.05, 0.1) is 11.6 Å². The molecule has 1 rings (SSSR count). The first-order valence-electron chi connectivity index (χ1n) is 5.15. The summed E-state index contributed by atoms with van der Waals surface area (Å²) in [5.41, 5.74) is 0.144. The van der Waals surface area contributed by atoms with Crippen molar-refractivity contribution >= 4 is 17.6 Å². The number of carbonyl (C=O) groups is 1. The fourth-order valence-corrected chi connectivity index (χ4v) is 1.35. The molecule has 0 saturated heterocycles. The van der Waals surface area contributed by atoms with Crippen molar-refractivity contribution in [1.29, 1.82) is 0 Å². The zero-order valence-electron chi connectivity index (χ0n) is 9.95. The summed E-state index contributed by atoms with van der Waals surface area (Å²) in [5, 5.41) is 0.382. The molecule has 0 N–H and O–H groups in total. The number of carbonyl (C=O) groups excluding carboxylic acids is 1. The van der Waals surface area contributed by atoms with E-state index in [-0.39, 0.29) is 5.97 Å². The minimum absolute atomic E-state index is 0.290. The van der Waals surface area contributed by atoms with Gasteiger partial charge in [0.1, 0.15) is 10.8 Å². The summed E-state index contributed by atoms with van der Waals surface area (Å²) < 4.78 is 5.27. The molecule has 0 amide bonds. The van der Waals surface area contributed by atoms with Crippen LogP contribution in [0.1, 0.15) is 39.3 Å². The van der Waals surface area contributed by atoms with Gasteiger partial charge in [-0.2, -0.15) is 0 Å². The van der Waals surface area contributed by atoms with E-state index in [1.54, 1.807) is 25.1 Å². The first-order chi connectivity index (χ1) is 7.29. The fourth-order valence-electron chi connectivity index (χ4n) is 1.18. The van der Waals surface area contributed by atoms with Crippen LogP contribution in [0.3, 0.4) is 0 Å². The van der Waals surface area contributed by atoms with Crippen LogP contribution in [0.25, 0.3) is 0 Å². The van der Waals surface area contributed by atoms with Crippen LogP contribution in [-0.2, 0) is 9.53 Å². The average molecular weight is 242 g/mol. The van der Waals surface area contributed by atoms with Crippen molar-refractivity contribution in [1.82, 2.24) is 4.98 Å². The molecule has 1 heterocycles. The Hall–Kier alpha value is -1.09. The van der Waals surface area contributed by atoms with Crippen molar-refractivity contribution in [3.05, 3.63) is 29.0 Å².